The maximum Gasteiger partial charge on any atom is 0.255 e. The van der Waals surface area contributed by atoms with E-state index in [9.17, 15) is 34.8 Å². The molecule has 3 aliphatic rings. The molecule has 12 nitrogen and oxygen atoms in total. The topological polar surface area (TPSA) is 182 Å². The maximum absolute atomic E-state index is 14.1. The van der Waals surface area contributed by atoms with Crippen molar-refractivity contribution in [3.63, 3.8) is 0 Å². The Kier molecular flexibility index (Phi) is 6.75. The van der Waals surface area contributed by atoms with Crippen LogP contribution in [0.25, 0.3) is 0 Å². The van der Waals surface area contributed by atoms with Gasteiger partial charge < -0.3 is 35.6 Å². The number of allylic oxidation sites excluding steroid dienone is 1. The largest absolute Gasteiger partial charge is 0.510 e. The zero-order valence-corrected chi connectivity index (χ0v) is 24.2. The smallest absolute Gasteiger partial charge is 0.255 e. The minimum Gasteiger partial charge on any atom is -0.510 e. The molecule has 1 aromatic carbocycles. The van der Waals surface area contributed by atoms with E-state index in [1.807, 2.05) is 25.9 Å². The van der Waals surface area contributed by atoms with Crippen molar-refractivity contribution < 1.29 is 34.8 Å². The number of aryl methyl sites for hydroxylation is 1. The number of imidazole rings is 1. The number of aromatic hydroxyl groups is 1. The van der Waals surface area contributed by atoms with Crippen LogP contribution < -0.4 is 10.6 Å². The van der Waals surface area contributed by atoms with Crippen molar-refractivity contribution in [1.29, 1.82) is 0 Å². The zero-order chi connectivity index (χ0) is 30.3. The van der Waals surface area contributed by atoms with Crippen molar-refractivity contribution in [3.05, 3.63) is 57.3 Å². The van der Waals surface area contributed by atoms with E-state index in [-0.39, 0.29) is 36.3 Å². The molecule has 41 heavy (non-hydrogen) atoms. The molecule has 3 aliphatic carbocycles. The zero-order valence-electron chi connectivity index (χ0n) is 23.3. The van der Waals surface area contributed by atoms with Crippen LogP contribution in [0.4, 0.5) is 5.69 Å². The normalized spacial score (nSPS) is 25.8. The van der Waals surface area contributed by atoms with Crippen LogP contribution in [0.15, 0.2) is 40.1 Å². The van der Waals surface area contributed by atoms with Crippen LogP contribution >= 0.6 is 12.6 Å². The number of carbonyl (C=O) groups excluding carboxylic acids is 3. The Balaban J connectivity index is 1.72. The van der Waals surface area contributed by atoms with Crippen molar-refractivity contribution in [2.45, 2.75) is 43.1 Å². The summed E-state index contributed by atoms with van der Waals surface area (Å²) in [5, 5.41) is 46.1. The third-order valence-corrected chi connectivity index (χ3v) is 8.98. The summed E-state index contributed by atoms with van der Waals surface area (Å²) in [6.45, 7) is 1.99. The summed E-state index contributed by atoms with van der Waals surface area (Å²) in [7, 11) is 6.81. The van der Waals surface area contributed by atoms with Crippen LogP contribution in [-0.4, -0.2) is 92.2 Å². The lowest BCUT2D eigenvalue weighted by molar-refractivity contribution is -0.148. The summed E-state index contributed by atoms with van der Waals surface area (Å²) < 4.78 is 1.76. The average Bonchev–Trinajstić information content (AvgIpc) is 3.19. The van der Waals surface area contributed by atoms with E-state index in [2.05, 4.69) is 17.6 Å². The summed E-state index contributed by atoms with van der Waals surface area (Å²) in [5.74, 6) is -6.77. The molecule has 0 radical (unpaired) electrons. The molecular weight excluding hydrogens is 550 g/mol. The number of Topliss-reactive ketones (excluding diaryl/α,β-unsaturated/α-hetero) is 2. The monoisotopic (exact) mass is 583 g/mol. The minimum absolute atomic E-state index is 0.0262. The molecule has 1 amide bonds. The number of hydrogen-bond acceptors (Lipinski definition) is 11. The number of aliphatic hydroxyl groups excluding tert-OH is 2. The molecule has 13 heteroatoms. The standard InChI is InChI=1S/C28H33N5O7S/c1-11-9-30-27(41)33(11)10-13-8-16(31(2)3)14-6-12-7-15-20(32(4)5)23(36)19(26(29)39)25(38)28(15,40)24(37)17(12)22(35)18(14)21(13)34/h8-9,12,15,20,34,36-37,40H,6-7,10H2,1-5H3,(H2,29,39)(H,30,41)/t12-,15-,20-,28-/m0/s1. The molecule has 0 spiro atoms. The van der Waals surface area contributed by atoms with Gasteiger partial charge in [-0.15, -0.1) is 12.6 Å². The first-order chi connectivity index (χ1) is 19.1. The molecule has 0 bridgehead atoms. The summed E-state index contributed by atoms with van der Waals surface area (Å²) in [4.78, 5) is 47.3. The molecule has 1 aromatic heterocycles. The highest BCUT2D eigenvalue weighted by Crippen LogP contribution is 2.53. The summed E-state index contributed by atoms with van der Waals surface area (Å²) >= 11 is 4.38. The molecule has 0 saturated carbocycles. The first-order valence-corrected chi connectivity index (χ1v) is 13.5. The highest BCUT2D eigenvalue weighted by Gasteiger charge is 2.63. The van der Waals surface area contributed by atoms with Gasteiger partial charge >= 0.3 is 0 Å². The van der Waals surface area contributed by atoms with E-state index in [1.54, 1.807) is 30.9 Å². The van der Waals surface area contributed by atoms with E-state index in [0.717, 1.165) is 5.69 Å². The third kappa shape index (κ3) is 3.97. The number of primary amides is 1. The van der Waals surface area contributed by atoms with Crippen LogP contribution in [0.2, 0.25) is 0 Å². The minimum atomic E-state index is -2.68. The van der Waals surface area contributed by atoms with Crippen LogP contribution in [0, 0.1) is 18.8 Å². The number of carbonyl (C=O) groups is 3. The lowest BCUT2D eigenvalue weighted by Crippen LogP contribution is -2.63. The van der Waals surface area contributed by atoms with Crippen molar-refractivity contribution in [2.75, 3.05) is 33.1 Å². The predicted octanol–water partition coefficient (Wildman–Crippen LogP) is 1.03. The number of benzene rings is 1. The molecule has 218 valence electrons. The van der Waals surface area contributed by atoms with Crippen LogP contribution in [-0.2, 0) is 22.6 Å². The Morgan fingerprint density at radius 1 is 1.22 bits per heavy atom. The number of rotatable bonds is 5. The Bertz CT molecular complexity index is 1570. The molecule has 6 N–H and O–H groups in total. The number of aliphatic hydroxyl groups is 3. The number of aromatic nitrogens is 2. The first kappa shape index (κ1) is 28.7. The Hall–Kier alpha value is -3.81. The summed E-state index contributed by atoms with van der Waals surface area (Å²) in [6, 6.07) is 0.751. The van der Waals surface area contributed by atoms with Crippen molar-refractivity contribution in [1.82, 2.24) is 14.5 Å². The number of likely N-dealkylation sites (N-methyl/N-ethyl adjacent to an activating group) is 1. The second kappa shape index (κ2) is 9.64. The quantitative estimate of drug-likeness (QED) is 0.220. The molecule has 0 fully saturated rings. The van der Waals surface area contributed by atoms with Gasteiger partial charge in [-0.05, 0) is 51.4 Å². The van der Waals surface area contributed by atoms with Crippen molar-refractivity contribution in [2.24, 2.45) is 17.6 Å². The Morgan fingerprint density at radius 2 is 1.88 bits per heavy atom. The number of fused-ring (bicyclic) bond motifs is 3. The molecule has 1 heterocycles. The van der Waals surface area contributed by atoms with Crippen LogP contribution in [0.1, 0.15) is 33.6 Å². The third-order valence-electron chi connectivity index (χ3n) is 8.62. The number of hydrogen-bond donors (Lipinski definition) is 6. The highest BCUT2D eigenvalue weighted by molar-refractivity contribution is 7.80. The Morgan fingerprint density at radius 3 is 2.41 bits per heavy atom. The molecular formula is C28H33N5O7S. The molecule has 0 unspecified atom stereocenters. The predicted molar refractivity (Wildman–Crippen MR) is 151 cm³/mol. The van der Waals surface area contributed by atoms with E-state index in [0.29, 0.717) is 22.0 Å². The molecule has 2 aromatic rings. The fourth-order valence-electron chi connectivity index (χ4n) is 6.69. The SMILES string of the molecule is Cc1cnc(S)n1Cc1cc(N(C)C)c2c(c1O)C(=O)C1=C(O)[C@]3(O)C(=O)C(C(N)=O)=C(O)[C@@H](N(C)C)[C@@H]3C[C@@H]1C2. The van der Waals surface area contributed by atoms with Gasteiger partial charge in [-0.3, -0.25) is 19.3 Å². The number of nitrogens with two attached hydrogens (primary N) is 1. The van der Waals surface area contributed by atoms with Gasteiger partial charge in [0.2, 0.25) is 5.78 Å². The number of phenolic OH excluding ortho intramolecular Hbond substituents is 1. The van der Waals surface area contributed by atoms with Crippen LogP contribution in [0.3, 0.4) is 0 Å². The average molecular weight is 584 g/mol. The van der Waals surface area contributed by atoms with Gasteiger partial charge in [-0.2, -0.15) is 0 Å². The van der Waals surface area contributed by atoms with Crippen molar-refractivity contribution in [3.8, 4) is 5.75 Å². The van der Waals surface area contributed by atoms with Gasteiger partial charge in [-0.25, -0.2) is 4.98 Å². The summed E-state index contributed by atoms with van der Waals surface area (Å²) in [5.41, 5.74) is 4.08. The van der Waals surface area contributed by atoms with Crippen molar-refractivity contribution >= 4 is 35.8 Å². The summed E-state index contributed by atoms with van der Waals surface area (Å²) in [6.07, 6.45) is 1.87. The Labute approximate surface area is 241 Å². The lowest BCUT2D eigenvalue weighted by atomic mass is 9.58. The maximum atomic E-state index is 14.1. The van der Waals surface area contributed by atoms with Gasteiger partial charge in [0.25, 0.3) is 5.91 Å². The van der Waals surface area contributed by atoms with Gasteiger partial charge in [0, 0.05) is 48.7 Å². The number of phenols is 1. The molecule has 0 saturated heterocycles. The highest BCUT2D eigenvalue weighted by atomic mass is 32.1. The van der Waals surface area contributed by atoms with Crippen LogP contribution in [0.5, 0.6) is 5.75 Å². The fourth-order valence-corrected chi connectivity index (χ4v) is 6.97. The number of thiol groups is 1. The fraction of sp³-hybridized carbons (Fsp3) is 0.429. The number of nitrogens with zero attached hydrogens (tertiary/aromatic N) is 4. The van der Waals surface area contributed by atoms with E-state index < -0.39 is 58.0 Å². The molecule has 5 rings (SSSR count). The van der Waals surface area contributed by atoms with Gasteiger partial charge in [0.1, 0.15) is 22.8 Å². The van der Waals surface area contributed by atoms with E-state index in [4.69, 9.17) is 5.73 Å². The lowest BCUT2D eigenvalue weighted by Gasteiger charge is -2.50. The van der Waals surface area contributed by atoms with Gasteiger partial charge in [0.05, 0.1) is 18.2 Å². The molecule has 4 atom stereocenters. The molecule has 0 aliphatic heterocycles. The van der Waals surface area contributed by atoms with Gasteiger partial charge in [0.15, 0.2) is 16.5 Å². The second-order valence-corrected chi connectivity index (χ2v) is 11.8. The second-order valence-electron chi connectivity index (χ2n) is 11.4. The number of amides is 1. The van der Waals surface area contributed by atoms with E-state index in [1.165, 1.54) is 4.90 Å². The number of anilines is 1. The van der Waals surface area contributed by atoms with E-state index >= 15 is 0 Å². The first-order valence-electron chi connectivity index (χ1n) is 13.0. The van der Waals surface area contributed by atoms with Gasteiger partial charge in [-0.1, -0.05) is 0 Å². The number of ketones is 2.